The molecule has 6 rings (SSSR count). The Bertz CT molecular complexity index is 110. The zero-order valence-corrected chi connectivity index (χ0v) is 17.0. The minimum absolute atomic E-state index is 1.50. The van der Waals surface area contributed by atoms with Crippen molar-refractivity contribution in [3.05, 3.63) is 0 Å². The Morgan fingerprint density at radius 1 is 0.0833 bits per heavy atom. The normalized spacial score (nSPS) is 24.0. The molecule has 0 aliphatic heterocycles. The van der Waals surface area contributed by atoms with Gasteiger partial charge in [-0.2, -0.15) is 0 Å². The Morgan fingerprint density at radius 3 is 0.125 bits per heavy atom. The molecule has 6 fully saturated rings. The molecule has 0 radical (unpaired) electrons. The van der Waals surface area contributed by atoms with Crippen molar-refractivity contribution in [3.8, 4) is 0 Å². The quantitative estimate of drug-likeness (QED) is 0.413. The van der Waals surface area contributed by atoms with Crippen LogP contribution in [-0.4, -0.2) is 0 Å². The molecule has 6 aliphatic carbocycles. The highest BCUT2D eigenvalue weighted by molar-refractivity contribution is 4.52. The molecule has 24 heavy (non-hydrogen) atoms. The summed E-state index contributed by atoms with van der Waals surface area (Å²) in [6.45, 7) is 0. The van der Waals surface area contributed by atoms with Gasteiger partial charge in [0.05, 0.1) is 0 Å². The molecule has 6 aliphatic rings. The SMILES string of the molecule is C1CCC1.C1CCC1.C1CCC1.C1CCC1.C1CCC1.C1CCC1. The maximum atomic E-state index is 1.50. The van der Waals surface area contributed by atoms with Crippen LogP contribution in [0.4, 0.5) is 0 Å². The van der Waals surface area contributed by atoms with Gasteiger partial charge in [0.2, 0.25) is 0 Å². The molecule has 144 valence electrons. The largest absolute Gasteiger partial charge is 0.0533 e. The Kier molecular flexibility index (Phi) is 17.7. The molecule has 0 bridgehead atoms. The van der Waals surface area contributed by atoms with Crippen molar-refractivity contribution in [1.29, 1.82) is 0 Å². The maximum Gasteiger partial charge on any atom is -0.0533 e. The van der Waals surface area contributed by atoms with Gasteiger partial charge in [0.15, 0.2) is 0 Å². The van der Waals surface area contributed by atoms with Crippen molar-refractivity contribution in [2.45, 2.75) is 154 Å². The zero-order valence-electron chi connectivity index (χ0n) is 17.0. The van der Waals surface area contributed by atoms with Gasteiger partial charge >= 0.3 is 0 Å². The van der Waals surface area contributed by atoms with E-state index in [2.05, 4.69) is 0 Å². The average Bonchev–Trinajstić information content (AvgIpc) is 1.94. The molecular weight excluding hydrogens is 288 g/mol. The molecule has 0 heteroatoms. The second-order valence-corrected chi connectivity index (χ2v) is 8.49. The molecule has 0 aromatic heterocycles. The summed E-state index contributed by atoms with van der Waals surface area (Å²) in [7, 11) is 0. The van der Waals surface area contributed by atoms with E-state index in [-0.39, 0.29) is 0 Å². The number of hydrogen-bond acceptors (Lipinski definition) is 0. The third kappa shape index (κ3) is 16.8. The smallest absolute Gasteiger partial charge is 0.0533 e. The van der Waals surface area contributed by atoms with Crippen LogP contribution < -0.4 is 0 Å². The van der Waals surface area contributed by atoms with Crippen LogP contribution in [0.5, 0.6) is 0 Å². The van der Waals surface area contributed by atoms with E-state index in [0.29, 0.717) is 0 Å². The van der Waals surface area contributed by atoms with Crippen LogP contribution >= 0.6 is 0 Å². The van der Waals surface area contributed by atoms with Gasteiger partial charge < -0.3 is 0 Å². The molecule has 0 amide bonds. The Labute approximate surface area is 154 Å². The van der Waals surface area contributed by atoms with Gasteiger partial charge in [0, 0.05) is 0 Å². The number of hydrogen-bond donors (Lipinski definition) is 0. The highest BCUT2D eigenvalue weighted by Crippen LogP contribution is 2.17. The fourth-order valence-corrected chi connectivity index (χ4v) is 1.50. The average molecular weight is 337 g/mol. The summed E-state index contributed by atoms with van der Waals surface area (Å²) in [6.07, 6.45) is 36.0. The fourth-order valence-electron chi connectivity index (χ4n) is 1.50. The molecule has 0 nitrogen and oxygen atoms in total. The highest BCUT2D eigenvalue weighted by atomic mass is 14.0. The van der Waals surface area contributed by atoms with Gasteiger partial charge in [0.1, 0.15) is 0 Å². The fraction of sp³-hybridized carbons (Fsp3) is 1.00. The van der Waals surface area contributed by atoms with E-state index < -0.39 is 0 Å². The minimum Gasteiger partial charge on any atom is -0.0533 e. The molecule has 6 saturated carbocycles. The molecule has 0 saturated heterocycles. The predicted molar refractivity (Wildman–Crippen MR) is 111 cm³/mol. The summed E-state index contributed by atoms with van der Waals surface area (Å²) in [5, 5.41) is 0. The van der Waals surface area contributed by atoms with Gasteiger partial charge in [0.25, 0.3) is 0 Å². The van der Waals surface area contributed by atoms with Crippen LogP contribution in [0.1, 0.15) is 154 Å². The first-order valence-electron chi connectivity index (χ1n) is 12.0. The Balaban J connectivity index is 0.000000144. The molecule has 0 aromatic rings. The Hall–Kier alpha value is 0. The van der Waals surface area contributed by atoms with Gasteiger partial charge in [-0.3, -0.25) is 0 Å². The summed E-state index contributed by atoms with van der Waals surface area (Å²) < 4.78 is 0. The topological polar surface area (TPSA) is 0 Å². The third-order valence-electron chi connectivity index (χ3n) is 6.00. The summed E-state index contributed by atoms with van der Waals surface area (Å²) in [4.78, 5) is 0. The molecule has 0 heterocycles. The first-order chi connectivity index (χ1) is 12.0. The maximum absolute atomic E-state index is 1.50. The van der Waals surface area contributed by atoms with Crippen molar-refractivity contribution in [3.63, 3.8) is 0 Å². The summed E-state index contributed by atoms with van der Waals surface area (Å²) >= 11 is 0. The molecule has 0 unspecified atom stereocenters. The molecule has 0 atom stereocenters. The first-order valence-corrected chi connectivity index (χ1v) is 12.0. The monoisotopic (exact) mass is 336 g/mol. The minimum atomic E-state index is 1.50. The lowest BCUT2D eigenvalue weighted by atomic mass is 10.0. The molecular formula is C24H48. The van der Waals surface area contributed by atoms with Gasteiger partial charge in [-0.05, 0) is 0 Å². The lowest BCUT2D eigenvalue weighted by molar-refractivity contribution is 0.504. The highest BCUT2D eigenvalue weighted by Gasteiger charge is 1.97. The van der Waals surface area contributed by atoms with Gasteiger partial charge in [-0.1, -0.05) is 154 Å². The van der Waals surface area contributed by atoms with E-state index in [1.165, 1.54) is 154 Å². The lowest BCUT2D eigenvalue weighted by Crippen LogP contribution is -1.85. The van der Waals surface area contributed by atoms with Crippen LogP contribution in [0, 0.1) is 0 Å². The van der Waals surface area contributed by atoms with Crippen LogP contribution in [0.25, 0.3) is 0 Å². The van der Waals surface area contributed by atoms with Gasteiger partial charge in [-0.25, -0.2) is 0 Å². The van der Waals surface area contributed by atoms with Gasteiger partial charge in [-0.15, -0.1) is 0 Å². The van der Waals surface area contributed by atoms with E-state index in [1.54, 1.807) is 0 Å². The van der Waals surface area contributed by atoms with Crippen LogP contribution in [-0.2, 0) is 0 Å². The third-order valence-corrected chi connectivity index (χ3v) is 6.00. The van der Waals surface area contributed by atoms with Crippen molar-refractivity contribution >= 4 is 0 Å². The summed E-state index contributed by atoms with van der Waals surface area (Å²) in [5.74, 6) is 0. The van der Waals surface area contributed by atoms with E-state index in [4.69, 9.17) is 0 Å². The zero-order chi connectivity index (χ0) is 17.0. The Morgan fingerprint density at radius 2 is 0.125 bits per heavy atom. The van der Waals surface area contributed by atoms with E-state index in [1.807, 2.05) is 0 Å². The summed E-state index contributed by atoms with van der Waals surface area (Å²) in [6, 6.07) is 0. The van der Waals surface area contributed by atoms with Crippen LogP contribution in [0.3, 0.4) is 0 Å². The number of rotatable bonds is 0. The van der Waals surface area contributed by atoms with Crippen molar-refractivity contribution in [2.75, 3.05) is 0 Å². The van der Waals surface area contributed by atoms with Crippen LogP contribution in [0.2, 0.25) is 0 Å². The molecule has 0 N–H and O–H groups in total. The van der Waals surface area contributed by atoms with Crippen LogP contribution in [0.15, 0.2) is 0 Å². The van der Waals surface area contributed by atoms with Crippen molar-refractivity contribution < 1.29 is 0 Å². The summed E-state index contributed by atoms with van der Waals surface area (Å²) in [5.41, 5.74) is 0. The van der Waals surface area contributed by atoms with E-state index in [0.717, 1.165) is 0 Å². The van der Waals surface area contributed by atoms with E-state index >= 15 is 0 Å². The predicted octanol–water partition coefficient (Wildman–Crippen LogP) is 9.36. The first kappa shape index (κ1) is 22.0. The second kappa shape index (κ2) is 19.3. The lowest BCUT2D eigenvalue weighted by Gasteiger charge is -2.05. The standard InChI is InChI=1S/6C4H8/c6*1-2-4-3-1/h6*1-4H2. The second-order valence-electron chi connectivity index (χ2n) is 8.49. The van der Waals surface area contributed by atoms with Crippen molar-refractivity contribution in [1.82, 2.24) is 0 Å². The van der Waals surface area contributed by atoms with E-state index in [9.17, 15) is 0 Å². The molecule has 0 aromatic carbocycles. The van der Waals surface area contributed by atoms with Crippen molar-refractivity contribution in [2.24, 2.45) is 0 Å². The molecule has 0 spiro atoms.